The van der Waals surface area contributed by atoms with Crippen LogP contribution in [0.3, 0.4) is 0 Å². The summed E-state index contributed by atoms with van der Waals surface area (Å²) in [5.74, 6) is 0. The monoisotopic (exact) mass is 136 g/mol. The van der Waals surface area contributed by atoms with Crippen molar-refractivity contribution in [1.29, 1.82) is 0 Å². The molecule has 1 heterocycles. The molecule has 2 heteroatoms. The van der Waals surface area contributed by atoms with Crippen LogP contribution in [0.25, 0.3) is 0 Å². The third-order valence-corrected chi connectivity index (χ3v) is 1.31. The van der Waals surface area contributed by atoms with Gasteiger partial charge >= 0.3 is 0 Å². The normalized spacial score (nSPS) is 22.1. The number of hydrogen-bond donors (Lipinski definition) is 0. The second-order valence-corrected chi connectivity index (χ2v) is 3.00. The minimum Gasteiger partial charge on any atom is -0.281 e. The zero-order valence-electron chi connectivity index (χ0n) is 6.63. The van der Waals surface area contributed by atoms with Gasteiger partial charge < -0.3 is 0 Å². The number of hydrogen-bond acceptors (Lipinski definition) is 2. The van der Waals surface area contributed by atoms with Gasteiger partial charge in [0.2, 0.25) is 0 Å². The van der Waals surface area contributed by atoms with Crippen molar-refractivity contribution < 1.29 is 0 Å². The third kappa shape index (κ3) is 1.79. The molecular formula is C8H12N2. The summed E-state index contributed by atoms with van der Waals surface area (Å²) in [6.07, 6.45) is 5.51. The van der Waals surface area contributed by atoms with Crippen molar-refractivity contribution in [2.45, 2.75) is 26.3 Å². The highest BCUT2D eigenvalue weighted by atomic mass is 14.9. The fourth-order valence-electron chi connectivity index (χ4n) is 0.962. The van der Waals surface area contributed by atoms with Crippen molar-refractivity contribution >= 4 is 12.4 Å². The number of aliphatic imine (C=N–C) groups is 2. The fraction of sp³-hybridized carbons (Fsp3) is 0.500. The maximum atomic E-state index is 4.26. The van der Waals surface area contributed by atoms with E-state index in [-0.39, 0.29) is 5.54 Å². The van der Waals surface area contributed by atoms with E-state index in [0.717, 1.165) is 5.70 Å². The van der Waals surface area contributed by atoms with Crippen molar-refractivity contribution in [3.63, 3.8) is 0 Å². The lowest BCUT2D eigenvalue weighted by Gasteiger charge is -2.12. The van der Waals surface area contributed by atoms with Gasteiger partial charge in [-0.25, -0.2) is 0 Å². The number of allylic oxidation sites excluding steroid dienone is 1. The lowest BCUT2D eigenvalue weighted by Crippen LogP contribution is -2.12. The van der Waals surface area contributed by atoms with Gasteiger partial charge in [-0.15, -0.1) is 0 Å². The molecule has 0 bridgehead atoms. The molecule has 2 nitrogen and oxygen atoms in total. The average molecular weight is 136 g/mol. The highest BCUT2D eigenvalue weighted by Gasteiger charge is 2.11. The lowest BCUT2D eigenvalue weighted by atomic mass is 10.1. The molecule has 1 aliphatic rings. The first-order valence-corrected chi connectivity index (χ1v) is 3.37. The number of rotatable bonds is 0. The van der Waals surface area contributed by atoms with E-state index < -0.39 is 0 Å². The Morgan fingerprint density at radius 1 is 1.30 bits per heavy atom. The summed E-state index contributed by atoms with van der Waals surface area (Å²) in [5, 5.41) is 0. The molecule has 0 aromatic carbocycles. The van der Waals surface area contributed by atoms with Gasteiger partial charge in [0.1, 0.15) is 0 Å². The van der Waals surface area contributed by atoms with Crippen LogP contribution in [0.5, 0.6) is 0 Å². The van der Waals surface area contributed by atoms with Crippen LogP contribution in [0, 0.1) is 0 Å². The summed E-state index contributed by atoms with van der Waals surface area (Å²) < 4.78 is 0. The fourth-order valence-corrected chi connectivity index (χ4v) is 0.962. The van der Waals surface area contributed by atoms with Crippen LogP contribution in [0.1, 0.15) is 20.8 Å². The predicted octanol–water partition coefficient (Wildman–Crippen LogP) is 1.82. The van der Waals surface area contributed by atoms with Crippen LogP contribution in [-0.2, 0) is 0 Å². The standard InChI is InChI=1S/C8H12N2/c1-7-6-8(2,3)10-5-4-9-7/h4-6H,1-3H3. The summed E-state index contributed by atoms with van der Waals surface area (Å²) in [6.45, 7) is 6.09. The molecule has 0 radical (unpaired) electrons. The first kappa shape index (κ1) is 7.19. The van der Waals surface area contributed by atoms with E-state index in [2.05, 4.69) is 23.8 Å². The van der Waals surface area contributed by atoms with Gasteiger partial charge in [0.15, 0.2) is 0 Å². The molecule has 0 spiro atoms. The summed E-state index contributed by atoms with van der Waals surface area (Å²) in [7, 11) is 0. The van der Waals surface area contributed by atoms with E-state index in [0.29, 0.717) is 0 Å². The van der Waals surface area contributed by atoms with E-state index in [1.165, 1.54) is 0 Å². The maximum absolute atomic E-state index is 4.26. The van der Waals surface area contributed by atoms with Crippen LogP contribution < -0.4 is 0 Å². The Morgan fingerprint density at radius 2 is 2.00 bits per heavy atom. The molecule has 0 saturated heterocycles. The van der Waals surface area contributed by atoms with Crippen LogP contribution in [0.15, 0.2) is 21.8 Å². The molecular weight excluding hydrogens is 124 g/mol. The Kier molecular flexibility index (Phi) is 1.70. The molecule has 0 aromatic rings. The van der Waals surface area contributed by atoms with Gasteiger partial charge in [-0.2, -0.15) is 0 Å². The molecule has 0 atom stereocenters. The molecule has 0 N–H and O–H groups in total. The molecule has 54 valence electrons. The van der Waals surface area contributed by atoms with Crippen LogP contribution >= 0.6 is 0 Å². The SMILES string of the molecule is CC1=CC(C)(C)N=CC=N1. The largest absolute Gasteiger partial charge is 0.281 e. The second kappa shape index (κ2) is 2.37. The topological polar surface area (TPSA) is 24.7 Å². The molecule has 0 fully saturated rings. The van der Waals surface area contributed by atoms with Crippen molar-refractivity contribution in [2.24, 2.45) is 9.98 Å². The highest BCUT2D eigenvalue weighted by Crippen LogP contribution is 2.14. The van der Waals surface area contributed by atoms with E-state index in [1.54, 1.807) is 12.4 Å². The summed E-state index contributed by atoms with van der Waals surface area (Å²) in [4.78, 5) is 8.36. The predicted molar refractivity (Wildman–Crippen MR) is 44.8 cm³/mol. The molecule has 1 aliphatic heterocycles. The minimum absolute atomic E-state index is 0.0828. The van der Waals surface area contributed by atoms with Gasteiger partial charge in [-0.1, -0.05) is 0 Å². The lowest BCUT2D eigenvalue weighted by molar-refractivity contribution is 0.657. The van der Waals surface area contributed by atoms with Gasteiger partial charge in [0.05, 0.1) is 5.54 Å². The molecule has 0 aromatic heterocycles. The van der Waals surface area contributed by atoms with Crippen LogP contribution in [-0.4, -0.2) is 18.0 Å². The van der Waals surface area contributed by atoms with Crippen LogP contribution in [0.4, 0.5) is 0 Å². The Labute approximate surface area is 61.4 Å². The molecule has 0 amide bonds. The first-order chi connectivity index (χ1) is 4.60. The van der Waals surface area contributed by atoms with Gasteiger partial charge in [-0.3, -0.25) is 9.98 Å². The molecule has 0 unspecified atom stereocenters. The average Bonchev–Trinajstić information content (AvgIpc) is 1.90. The Morgan fingerprint density at radius 3 is 2.70 bits per heavy atom. The number of nitrogens with zero attached hydrogens (tertiary/aromatic N) is 2. The third-order valence-electron chi connectivity index (χ3n) is 1.31. The first-order valence-electron chi connectivity index (χ1n) is 3.37. The summed E-state index contributed by atoms with van der Waals surface area (Å²) >= 11 is 0. The van der Waals surface area contributed by atoms with Crippen molar-refractivity contribution in [2.75, 3.05) is 0 Å². The summed E-state index contributed by atoms with van der Waals surface area (Å²) in [5.41, 5.74) is 0.947. The second-order valence-electron chi connectivity index (χ2n) is 3.00. The van der Waals surface area contributed by atoms with E-state index in [9.17, 15) is 0 Å². The Bertz CT molecular complexity index is 209. The van der Waals surface area contributed by atoms with Crippen LogP contribution in [0.2, 0.25) is 0 Å². The van der Waals surface area contributed by atoms with Crippen molar-refractivity contribution in [3.8, 4) is 0 Å². The molecule has 0 aliphatic carbocycles. The van der Waals surface area contributed by atoms with Gasteiger partial charge in [0, 0.05) is 18.1 Å². The van der Waals surface area contributed by atoms with Gasteiger partial charge in [0.25, 0.3) is 0 Å². The smallest absolute Gasteiger partial charge is 0.0752 e. The van der Waals surface area contributed by atoms with E-state index in [1.807, 2.05) is 13.0 Å². The van der Waals surface area contributed by atoms with E-state index >= 15 is 0 Å². The van der Waals surface area contributed by atoms with Crippen molar-refractivity contribution in [3.05, 3.63) is 11.8 Å². The summed E-state index contributed by atoms with van der Waals surface area (Å²) in [6, 6.07) is 0. The van der Waals surface area contributed by atoms with Crippen molar-refractivity contribution in [1.82, 2.24) is 0 Å². The molecule has 1 rings (SSSR count). The molecule has 0 saturated carbocycles. The van der Waals surface area contributed by atoms with Gasteiger partial charge in [-0.05, 0) is 26.8 Å². The minimum atomic E-state index is -0.0828. The molecule has 10 heavy (non-hydrogen) atoms. The maximum Gasteiger partial charge on any atom is 0.0752 e. The Balaban J connectivity index is 2.93. The quantitative estimate of drug-likeness (QED) is 0.485. The zero-order chi connectivity index (χ0) is 7.61. The Hall–Kier alpha value is -0.920. The highest BCUT2D eigenvalue weighted by molar-refractivity contribution is 6.16. The zero-order valence-corrected chi connectivity index (χ0v) is 6.63. The van der Waals surface area contributed by atoms with E-state index in [4.69, 9.17) is 0 Å².